The maximum absolute atomic E-state index is 11.8. The van der Waals surface area contributed by atoms with Gasteiger partial charge in [0.15, 0.2) is 0 Å². The van der Waals surface area contributed by atoms with Gasteiger partial charge in [-0.25, -0.2) is 0 Å². The van der Waals surface area contributed by atoms with E-state index >= 15 is 0 Å². The maximum atomic E-state index is 11.8. The summed E-state index contributed by atoms with van der Waals surface area (Å²) in [4.78, 5) is 23.1. The van der Waals surface area contributed by atoms with Crippen molar-refractivity contribution in [3.05, 3.63) is 0 Å². The summed E-state index contributed by atoms with van der Waals surface area (Å²) in [5.74, 6) is -1.44. The Morgan fingerprint density at radius 1 is 1.22 bits per heavy atom. The zero-order chi connectivity index (χ0) is 14.5. The van der Waals surface area contributed by atoms with Crippen LogP contribution in [0.5, 0.6) is 0 Å². The molecule has 18 heavy (non-hydrogen) atoms. The molecule has 0 rings (SSSR count). The highest BCUT2D eigenvalue weighted by Gasteiger charge is 2.39. The summed E-state index contributed by atoms with van der Waals surface area (Å²) in [6, 6.07) is -0.173. The summed E-state index contributed by atoms with van der Waals surface area (Å²) in [5.41, 5.74) is -1.06. The highest BCUT2D eigenvalue weighted by atomic mass is 16.4. The number of rotatable bonds is 7. The Bertz CT molecular complexity index is 303. The van der Waals surface area contributed by atoms with Gasteiger partial charge >= 0.3 is 5.97 Å². The second kappa shape index (κ2) is 6.73. The van der Waals surface area contributed by atoms with Gasteiger partial charge in [0.1, 0.15) is 0 Å². The minimum Gasteiger partial charge on any atom is -0.481 e. The zero-order valence-corrected chi connectivity index (χ0v) is 11.9. The highest BCUT2D eigenvalue weighted by Crippen LogP contribution is 2.31. The Morgan fingerprint density at radius 2 is 1.72 bits per heavy atom. The van der Waals surface area contributed by atoms with E-state index < -0.39 is 11.4 Å². The van der Waals surface area contributed by atoms with Crippen molar-refractivity contribution in [1.29, 1.82) is 0 Å². The van der Waals surface area contributed by atoms with Gasteiger partial charge in [-0.15, -0.1) is 0 Å². The molecule has 1 amide bonds. The molecule has 0 spiro atoms. The van der Waals surface area contributed by atoms with Gasteiger partial charge in [-0.2, -0.15) is 0 Å². The number of aliphatic hydroxyl groups is 1. The fourth-order valence-corrected chi connectivity index (χ4v) is 1.47. The molecule has 0 bridgehead atoms. The van der Waals surface area contributed by atoms with Crippen molar-refractivity contribution in [1.82, 2.24) is 5.32 Å². The molecule has 0 saturated carbocycles. The van der Waals surface area contributed by atoms with Crippen LogP contribution in [0.1, 0.15) is 41.0 Å². The summed E-state index contributed by atoms with van der Waals surface area (Å²) < 4.78 is 0. The molecule has 0 aliphatic rings. The fraction of sp³-hybridized carbons (Fsp3) is 0.846. The molecule has 0 radical (unpaired) electrons. The number of nitrogens with one attached hydrogen (secondary N) is 1. The maximum Gasteiger partial charge on any atom is 0.310 e. The third-order valence-corrected chi connectivity index (χ3v) is 3.82. The van der Waals surface area contributed by atoms with Crippen LogP contribution < -0.4 is 5.32 Å². The van der Waals surface area contributed by atoms with E-state index in [9.17, 15) is 14.7 Å². The van der Waals surface area contributed by atoms with Gasteiger partial charge < -0.3 is 15.5 Å². The predicted molar refractivity (Wildman–Crippen MR) is 69.1 cm³/mol. The molecule has 0 heterocycles. The van der Waals surface area contributed by atoms with Crippen LogP contribution in [0.2, 0.25) is 0 Å². The van der Waals surface area contributed by atoms with Crippen molar-refractivity contribution < 1.29 is 19.8 Å². The number of carboxylic acids is 1. The zero-order valence-electron chi connectivity index (χ0n) is 11.9. The van der Waals surface area contributed by atoms with Crippen LogP contribution in [0.15, 0.2) is 0 Å². The monoisotopic (exact) mass is 259 g/mol. The van der Waals surface area contributed by atoms with Crippen LogP contribution in [0.25, 0.3) is 0 Å². The Kier molecular flexibility index (Phi) is 6.32. The Hall–Kier alpha value is -1.10. The van der Waals surface area contributed by atoms with Crippen molar-refractivity contribution in [2.45, 2.75) is 47.1 Å². The Labute approximate surface area is 109 Å². The lowest BCUT2D eigenvalue weighted by Crippen LogP contribution is -2.43. The SMILES string of the molecule is CC(CO)C(C)NC(=O)CC(C)(C(=O)O)C(C)C. The molecule has 3 atom stereocenters. The van der Waals surface area contributed by atoms with Crippen LogP contribution in [0, 0.1) is 17.3 Å². The largest absolute Gasteiger partial charge is 0.481 e. The lowest BCUT2D eigenvalue weighted by molar-refractivity contribution is -0.153. The molecule has 3 unspecified atom stereocenters. The summed E-state index contributed by atoms with van der Waals surface area (Å²) in [6.45, 7) is 8.78. The second-order valence-electron chi connectivity index (χ2n) is 5.57. The molecule has 0 saturated heterocycles. The van der Waals surface area contributed by atoms with Crippen molar-refractivity contribution in [3.63, 3.8) is 0 Å². The summed E-state index contributed by atoms with van der Waals surface area (Å²) in [5, 5.41) is 20.9. The van der Waals surface area contributed by atoms with E-state index in [0.717, 1.165) is 0 Å². The molecule has 106 valence electrons. The number of carbonyl (C=O) groups excluding carboxylic acids is 1. The first kappa shape index (κ1) is 16.9. The highest BCUT2D eigenvalue weighted by molar-refractivity contribution is 5.85. The molecule has 0 aliphatic heterocycles. The van der Waals surface area contributed by atoms with Crippen molar-refractivity contribution in [2.75, 3.05) is 6.61 Å². The average Bonchev–Trinajstić information content (AvgIpc) is 2.26. The van der Waals surface area contributed by atoms with Crippen molar-refractivity contribution >= 4 is 11.9 Å². The Morgan fingerprint density at radius 3 is 2.06 bits per heavy atom. The molecule has 5 heteroatoms. The van der Waals surface area contributed by atoms with E-state index in [-0.39, 0.29) is 36.8 Å². The minimum absolute atomic E-state index is 0.0121. The standard InChI is InChI=1S/C13H25NO4/c1-8(2)13(5,12(17)18)6-11(16)14-10(4)9(3)7-15/h8-10,15H,6-7H2,1-5H3,(H,14,16)(H,17,18). The number of aliphatic hydroxyl groups excluding tert-OH is 1. The normalized spacial score (nSPS) is 17.9. The Balaban J connectivity index is 4.59. The minimum atomic E-state index is -1.06. The van der Waals surface area contributed by atoms with E-state index in [0.29, 0.717) is 0 Å². The van der Waals surface area contributed by atoms with Crippen LogP contribution in [-0.4, -0.2) is 34.7 Å². The third-order valence-electron chi connectivity index (χ3n) is 3.82. The smallest absolute Gasteiger partial charge is 0.310 e. The lowest BCUT2D eigenvalue weighted by atomic mass is 9.76. The van der Waals surface area contributed by atoms with Gasteiger partial charge in [0, 0.05) is 19.1 Å². The first-order valence-corrected chi connectivity index (χ1v) is 6.28. The summed E-state index contributed by atoms with van der Waals surface area (Å²) in [6.07, 6.45) is -0.0531. The number of hydrogen-bond acceptors (Lipinski definition) is 3. The number of aliphatic carboxylic acids is 1. The number of carbonyl (C=O) groups is 2. The molecular formula is C13H25NO4. The lowest BCUT2D eigenvalue weighted by Gasteiger charge is -2.29. The van der Waals surface area contributed by atoms with E-state index in [2.05, 4.69) is 5.32 Å². The van der Waals surface area contributed by atoms with Crippen LogP contribution in [0.4, 0.5) is 0 Å². The fourth-order valence-electron chi connectivity index (χ4n) is 1.47. The van der Waals surface area contributed by atoms with Crippen LogP contribution >= 0.6 is 0 Å². The number of carboxylic acid groups (broad SMARTS) is 1. The first-order chi connectivity index (χ1) is 8.15. The molecule has 3 N–H and O–H groups in total. The summed E-state index contributed by atoms with van der Waals surface area (Å²) in [7, 11) is 0. The van der Waals surface area contributed by atoms with Crippen molar-refractivity contribution in [2.24, 2.45) is 17.3 Å². The van der Waals surface area contributed by atoms with Gasteiger partial charge in [-0.3, -0.25) is 9.59 Å². The number of amides is 1. The van der Waals surface area contributed by atoms with Crippen molar-refractivity contribution in [3.8, 4) is 0 Å². The van der Waals surface area contributed by atoms with Crippen LogP contribution in [0.3, 0.4) is 0 Å². The summed E-state index contributed by atoms with van der Waals surface area (Å²) >= 11 is 0. The molecule has 0 fully saturated rings. The van der Waals surface area contributed by atoms with Crippen LogP contribution in [-0.2, 0) is 9.59 Å². The molecule has 0 aliphatic carbocycles. The van der Waals surface area contributed by atoms with E-state index in [1.54, 1.807) is 27.7 Å². The first-order valence-electron chi connectivity index (χ1n) is 6.28. The van der Waals surface area contributed by atoms with Gasteiger partial charge in [0.05, 0.1) is 5.41 Å². The quantitative estimate of drug-likeness (QED) is 0.642. The number of hydrogen-bond donors (Lipinski definition) is 3. The molecule has 0 aromatic rings. The molecular weight excluding hydrogens is 234 g/mol. The topological polar surface area (TPSA) is 86.6 Å². The third kappa shape index (κ3) is 4.29. The average molecular weight is 259 g/mol. The van der Waals surface area contributed by atoms with Gasteiger partial charge in [0.25, 0.3) is 0 Å². The predicted octanol–water partition coefficient (Wildman–Crippen LogP) is 1.26. The molecule has 5 nitrogen and oxygen atoms in total. The molecule has 0 aromatic heterocycles. The second-order valence-corrected chi connectivity index (χ2v) is 5.57. The van der Waals surface area contributed by atoms with Gasteiger partial charge in [-0.1, -0.05) is 20.8 Å². The van der Waals surface area contributed by atoms with Gasteiger partial charge in [0.2, 0.25) is 5.91 Å². The van der Waals surface area contributed by atoms with E-state index in [4.69, 9.17) is 5.11 Å². The van der Waals surface area contributed by atoms with E-state index in [1.807, 2.05) is 6.92 Å². The van der Waals surface area contributed by atoms with Gasteiger partial charge in [-0.05, 0) is 25.7 Å². The molecule has 0 aromatic carbocycles. The van der Waals surface area contributed by atoms with E-state index in [1.165, 1.54) is 0 Å².